The lowest BCUT2D eigenvalue weighted by atomic mass is 10.3. The molecule has 0 spiro atoms. The van der Waals surface area contributed by atoms with E-state index in [-0.39, 0.29) is 20.3 Å². The lowest BCUT2D eigenvalue weighted by molar-refractivity contribution is 0.578. The molecule has 2 aromatic rings. The second kappa shape index (κ2) is 5.06. The first-order valence-corrected chi connectivity index (χ1v) is 7.50. The van der Waals surface area contributed by atoms with Crippen LogP contribution in [0.1, 0.15) is 0 Å². The molecule has 0 saturated carbocycles. The van der Waals surface area contributed by atoms with E-state index in [9.17, 15) is 12.8 Å². The van der Waals surface area contributed by atoms with Crippen LogP contribution in [0.2, 0.25) is 5.02 Å². The molecule has 102 valence electrons. The third-order valence-corrected chi connectivity index (χ3v) is 4.72. The molecule has 0 aliphatic rings. The largest absolute Gasteiger partial charge is 0.281 e. The van der Waals surface area contributed by atoms with E-state index in [1.54, 1.807) is 0 Å². The van der Waals surface area contributed by atoms with Crippen LogP contribution >= 0.6 is 27.5 Å². The Bertz CT molecular complexity index is 714. The van der Waals surface area contributed by atoms with Gasteiger partial charge in [-0.2, -0.15) is 8.42 Å². The highest BCUT2D eigenvalue weighted by atomic mass is 79.9. The van der Waals surface area contributed by atoms with Crippen molar-refractivity contribution in [1.82, 2.24) is 15.0 Å². The Kier molecular flexibility index (Phi) is 3.79. The molecule has 0 saturated heterocycles. The van der Waals surface area contributed by atoms with Gasteiger partial charge in [0.25, 0.3) is 10.0 Å². The average Bonchev–Trinajstić information content (AvgIpc) is 2.64. The van der Waals surface area contributed by atoms with Crippen LogP contribution in [-0.4, -0.2) is 23.4 Å². The van der Waals surface area contributed by atoms with Gasteiger partial charge in [-0.25, -0.2) is 9.07 Å². The number of hydrogen-bond acceptors (Lipinski definition) is 4. The maximum atomic E-state index is 13.0. The zero-order chi connectivity index (χ0) is 14.2. The van der Waals surface area contributed by atoms with Crippen molar-refractivity contribution in [3.05, 3.63) is 33.6 Å². The maximum absolute atomic E-state index is 13.0. The first kappa shape index (κ1) is 14.2. The van der Waals surface area contributed by atoms with E-state index in [2.05, 4.69) is 31.0 Å². The van der Waals surface area contributed by atoms with Crippen molar-refractivity contribution >= 4 is 43.2 Å². The number of hydrogen-bond donors (Lipinski definition) is 1. The van der Waals surface area contributed by atoms with Crippen molar-refractivity contribution in [3.8, 4) is 0 Å². The van der Waals surface area contributed by atoms with Gasteiger partial charge in [0, 0.05) is 7.05 Å². The minimum Gasteiger partial charge on any atom is -0.278 e. The summed E-state index contributed by atoms with van der Waals surface area (Å²) in [5, 5.41) is 6.83. The van der Waals surface area contributed by atoms with Gasteiger partial charge in [0.05, 0.1) is 10.7 Å². The number of rotatable bonds is 3. The molecule has 0 amide bonds. The van der Waals surface area contributed by atoms with Gasteiger partial charge in [0.15, 0.2) is 4.60 Å². The molecule has 10 heteroatoms. The normalized spacial score (nSPS) is 11.6. The van der Waals surface area contributed by atoms with E-state index in [1.165, 1.54) is 19.2 Å². The summed E-state index contributed by atoms with van der Waals surface area (Å²) < 4.78 is 40.7. The van der Waals surface area contributed by atoms with E-state index >= 15 is 0 Å². The van der Waals surface area contributed by atoms with Gasteiger partial charge in [-0.15, -0.1) is 5.10 Å². The van der Waals surface area contributed by atoms with Gasteiger partial charge in [-0.05, 0) is 34.1 Å². The van der Waals surface area contributed by atoms with Crippen LogP contribution in [0.3, 0.4) is 0 Å². The van der Waals surface area contributed by atoms with Crippen LogP contribution in [0.5, 0.6) is 0 Å². The molecule has 0 bridgehead atoms. The standard InChI is InChI=1S/C9H7BrClFN4O2S/c1-16-9(8(10)13-15-16)19(17,18)14-5-2-3-7(12)6(11)4-5/h2-4,14H,1H3. The fourth-order valence-corrected chi connectivity index (χ4v) is 3.70. The predicted octanol–water partition coefficient (Wildman–Crippen LogP) is 2.17. The van der Waals surface area contributed by atoms with E-state index in [1.807, 2.05) is 0 Å². The zero-order valence-electron chi connectivity index (χ0n) is 9.43. The number of nitrogens with zero attached hydrogens (tertiary/aromatic N) is 3. The molecular weight excluding hydrogens is 363 g/mol. The number of nitrogens with one attached hydrogen (secondary N) is 1. The summed E-state index contributed by atoms with van der Waals surface area (Å²) in [6.45, 7) is 0. The summed E-state index contributed by atoms with van der Waals surface area (Å²) in [5.41, 5.74) is 0.138. The summed E-state index contributed by atoms with van der Waals surface area (Å²) in [5.74, 6) is -0.631. The maximum Gasteiger partial charge on any atom is 0.281 e. The fraction of sp³-hybridized carbons (Fsp3) is 0.111. The van der Waals surface area contributed by atoms with Gasteiger partial charge in [-0.1, -0.05) is 16.8 Å². The van der Waals surface area contributed by atoms with Crippen molar-refractivity contribution in [2.75, 3.05) is 4.72 Å². The van der Waals surface area contributed by atoms with Gasteiger partial charge >= 0.3 is 0 Å². The molecule has 0 unspecified atom stereocenters. The number of aromatic nitrogens is 3. The SMILES string of the molecule is Cn1nnc(Br)c1S(=O)(=O)Nc1ccc(F)c(Cl)c1. The number of sulfonamides is 1. The molecule has 1 heterocycles. The monoisotopic (exact) mass is 368 g/mol. The number of aryl methyl sites for hydroxylation is 1. The van der Waals surface area contributed by atoms with Crippen LogP contribution in [0.4, 0.5) is 10.1 Å². The summed E-state index contributed by atoms with van der Waals surface area (Å²) in [6, 6.07) is 3.50. The van der Waals surface area contributed by atoms with Gasteiger partial charge in [-0.3, -0.25) is 4.72 Å². The molecule has 0 fully saturated rings. The summed E-state index contributed by atoms with van der Waals surface area (Å²) in [6.07, 6.45) is 0. The highest BCUT2D eigenvalue weighted by molar-refractivity contribution is 9.10. The molecule has 1 aromatic carbocycles. The van der Waals surface area contributed by atoms with E-state index in [4.69, 9.17) is 11.6 Å². The van der Waals surface area contributed by atoms with Crippen LogP contribution in [0.25, 0.3) is 0 Å². The Hall–Kier alpha value is -1.19. The van der Waals surface area contributed by atoms with Crippen LogP contribution in [0, 0.1) is 5.82 Å². The minimum absolute atomic E-state index is 0.0794. The van der Waals surface area contributed by atoms with E-state index in [0.29, 0.717) is 0 Å². The quantitative estimate of drug-likeness (QED) is 0.899. The third-order valence-electron chi connectivity index (χ3n) is 2.16. The Morgan fingerprint density at radius 3 is 2.68 bits per heavy atom. The van der Waals surface area contributed by atoms with Gasteiger partial charge in [0.2, 0.25) is 5.03 Å². The molecule has 0 atom stereocenters. The molecule has 0 radical (unpaired) electrons. The minimum atomic E-state index is -3.90. The summed E-state index contributed by atoms with van der Waals surface area (Å²) in [7, 11) is -2.47. The first-order valence-electron chi connectivity index (χ1n) is 4.84. The lowest BCUT2D eigenvalue weighted by Gasteiger charge is -2.08. The van der Waals surface area contributed by atoms with Crippen LogP contribution in [0.15, 0.2) is 27.8 Å². The first-order chi connectivity index (χ1) is 8.81. The van der Waals surface area contributed by atoms with Crippen molar-refractivity contribution in [1.29, 1.82) is 0 Å². The number of halogens is 3. The molecule has 0 aliphatic heterocycles. The number of benzene rings is 1. The molecule has 6 nitrogen and oxygen atoms in total. The number of anilines is 1. The van der Waals surface area contributed by atoms with Crippen molar-refractivity contribution in [2.24, 2.45) is 7.05 Å². The molecule has 19 heavy (non-hydrogen) atoms. The Morgan fingerprint density at radius 1 is 1.47 bits per heavy atom. The highest BCUT2D eigenvalue weighted by Gasteiger charge is 2.24. The zero-order valence-corrected chi connectivity index (χ0v) is 12.6. The van der Waals surface area contributed by atoms with E-state index in [0.717, 1.165) is 10.7 Å². The lowest BCUT2D eigenvalue weighted by Crippen LogP contribution is -2.17. The molecular formula is C9H7BrClFN4O2S. The summed E-state index contributed by atoms with van der Waals surface area (Å²) >= 11 is 8.57. The van der Waals surface area contributed by atoms with Crippen molar-refractivity contribution in [3.63, 3.8) is 0 Å². The van der Waals surface area contributed by atoms with Crippen molar-refractivity contribution < 1.29 is 12.8 Å². The van der Waals surface area contributed by atoms with Gasteiger partial charge in [0.1, 0.15) is 5.82 Å². The predicted molar refractivity (Wildman–Crippen MR) is 70.9 cm³/mol. The molecule has 1 aromatic heterocycles. The molecule has 2 rings (SSSR count). The second-order valence-corrected chi connectivity index (χ2v) is 6.30. The fourth-order valence-electron chi connectivity index (χ4n) is 1.37. The third kappa shape index (κ3) is 2.88. The molecule has 1 N–H and O–H groups in total. The Balaban J connectivity index is 2.39. The van der Waals surface area contributed by atoms with E-state index < -0.39 is 15.8 Å². The molecule has 0 aliphatic carbocycles. The second-order valence-electron chi connectivity index (χ2n) is 3.54. The highest BCUT2D eigenvalue weighted by Crippen LogP contribution is 2.24. The topological polar surface area (TPSA) is 76.9 Å². The van der Waals surface area contributed by atoms with Gasteiger partial charge < -0.3 is 0 Å². The Morgan fingerprint density at radius 2 is 2.16 bits per heavy atom. The summed E-state index contributed by atoms with van der Waals surface area (Å²) in [4.78, 5) is 0. The average molecular weight is 370 g/mol. The van der Waals surface area contributed by atoms with Crippen LogP contribution in [-0.2, 0) is 17.1 Å². The van der Waals surface area contributed by atoms with Crippen molar-refractivity contribution in [2.45, 2.75) is 5.03 Å². The smallest absolute Gasteiger partial charge is 0.278 e. The van der Waals surface area contributed by atoms with Crippen LogP contribution < -0.4 is 4.72 Å². The Labute approximate surface area is 121 Å².